The normalized spacial score (nSPS) is 13.3. The first-order valence-electron chi connectivity index (χ1n) is 8.99. The van der Waals surface area contributed by atoms with Crippen molar-refractivity contribution in [2.24, 2.45) is 11.8 Å². The van der Waals surface area contributed by atoms with Crippen LogP contribution in [0.2, 0.25) is 0 Å². The van der Waals surface area contributed by atoms with Crippen molar-refractivity contribution in [3.63, 3.8) is 0 Å². The molecule has 0 saturated carbocycles. The quantitative estimate of drug-likeness (QED) is 0.617. The van der Waals surface area contributed by atoms with Crippen LogP contribution in [0.25, 0.3) is 10.6 Å². The van der Waals surface area contributed by atoms with Crippen molar-refractivity contribution < 1.29 is 9.59 Å². The Hall–Kier alpha value is -1.80. The molecule has 0 aliphatic heterocycles. The highest BCUT2D eigenvalue weighted by Crippen LogP contribution is 2.28. The molecule has 1 aromatic carbocycles. The minimum Gasteiger partial charge on any atom is -0.344 e. The van der Waals surface area contributed by atoms with Gasteiger partial charge in [0.05, 0.1) is 0 Å². The predicted octanol–water partition coefficient (Wildman–Crippen LogP) is 4.48. The molecule has 8 heteroatoms. The van der Waals surface area contributed by atoms with Gasteiger partial charge in [-0.15, -0.1) is 10.2 Å². The molecule has 2 N–H and O–H groups in total. The number of anilines is 1. The predicted molar refractivity (Wildman–Crippen MR) is 113 cm³/mol. The van der Waals surface area contributed by atoms with E-state index in [4.69, 9.17) is 0 Å². The van der Waals surface area contributed by atoms with E-state index < -0.39 is 6.04 Å². The highest BCUT2D eigenvalue weighted by atomic mass is 79.9. The van der Waals surface area contributed by atoms with Crippen molar-refractivity contribution in [1.29, 1.82) is 0 Å². The van der Waals surface area contributed by atoms with Crippen LogP contribution in [0, 0.1) is 11.8 Å². The lowest BCUT2D eigenvalue weighted by molar-refractivity contribution is -0.128. The van der Waals surface area contributed by atoms with E-state index in [1.54, 1.807) is 0 Å². The van der Waals surface area contributed by atoms with Crippen LogP contribution in [0.3, 0.4) is 0 Å². The molecule has 0 fully saturated rings. The number of hydrogen-bond acceptors (Lipinski definition) is 5. The zero-order valence-electron chi connectivity index (χ0n) is 16.0. The van der Waals surface area contributed by atoms with Gasteiger partial charge in [0.15, 0.2) is 0 Å². The Balaban J connectivity index is 2.09. The summed E-state index contributed by atoms with van der Waals surface area (Å²) < 4.78 is 0.950. The van der Waals surface area contributed by atoms with E-state index in [-0.39, 0.29) is 23.7 Å². The third-order valence-corrected chi connectivity index (χ3v) is 5.51. The fraction of sp³-hybridized carbons (Fsp3) is 0.474. The van der Waals surface area contributed by atoms with Crippen LogP contribution in [0.4, 0.5) is 5.13 Å². The molecule has 0 bridgehead atoms. The van der Waals surface area contributed by atoms with Crippen LogP contribution >= 0.6 is 27.3 Å². The SMILES string of the molecule is CCC(C)C(NC(=O)CC(C)C)C(=O)Nc1nnc(-c2cccc(Br)c2)s1. The molecular formula is C19H25BrN4O2S. The van der Waals surface area contributed by atoms with Gasteiger partial charge < -0.3 is 5.32 Å². The first-order valence-corrected chi connectivity index (χ1v) is 10.6. The second-order valence-electron chi connectivity index (χ2n) is 6.94. The topological polar surface area (TPSA) is 84.0 Å². The Kier molecular flexibility index (Phi) is 7.91. The Labute approximate surface area is 172 Å². The number of amides is 2. The van der Waals surface area contributed by atoms with Crippen molar-refractivity contribution in [2.75, 3.05) is 5.32 Å². The molecule has 0 aliphatic rings. The Morgan fingerprint density at radius 1 is 1.22 bits per heavy atom. The molecule has 0 aliphatic carbocycles. The number of nitrogens with zero attached hydrogens (tertiary/aromatic N) is 2. The zero-order chi connectivity index (χ0) is 20.0. The summed E-state index contributed by atoms with van der Waals surface area (Å²) >= 11 is 4.74. The largest absolute Gasteiger partial charge is 0.344 e. The van der Waals surface area contributed by atoms with Gasteiger partial charge >= 0.3 is 0 Å². The number of hydrogen-bond donors (Lipinski definition) is 2. The highest BCUT2D eigenvalue weighted by Gasteiger charge is 2.27. The number of carbonyl (C=O) groups excluding carboxylic acids is 2. The Morgan fingerprint density at radius 2 is 1.96 bits per heavy atom. The zero-order valence-corrected chi connectivity index (χ0v) is 18.4. The molecule has 2 atom stereocenters. The van der Waals surface area contributed by atoms with Crippen LogP contribution in [0.5, 0.6) is 0 Å². The van der Waals surface area contributed by atoms with E-state index in [9.17, 15) is 9.59 Å². The molecule has 0 saturated heterocycles. The van der Waals surface area contributed by atoms with Gasteiger partial charge in [0.2, 0.25) is 16.9 Å². The Bertz CT molecular complexity index is 794. The minimum absolute atomic E-state index is 0.0126. The van der Waals surface area contributed by atoms with Gasteiger partial charge in [0.25, 0.3) is 0 Å². The van der Waals surface area contributed by atoms with Crippen molar-refractivity contribution in [2.45, 2.75) is 46.6 Å². The van der Waals surface area contributed by atoms with Crippen LogP contribution in [0.15, 0.2) is 28.7 Å². The maximum atomic E-state index is 12.7. The molecular weight excluding hydrogens is 428 g/mol. The van der Waals surface area contributed by atoms with Gasteiger partial charge in [-0.25, -0.2) is 0 Å². The monoisotopic (exact) mass is 452 g/mol. The molecule has 2 rings (SSSR count). The van der Waals surface area contributed by atoms with E-state index in [1.807, 2.05) is 52.0 Å². The summed E-state index contributed by atoms with van der Waals surface area (Å²) in [6, 6.07) is 7.14. The molecule has 1 heterocycles. The van der Waals surface area contributed by atoms with Gasteiger partial charge in [-0.2, -0.15) is 0 Å². The summed E-state index contributed by atoms with van der Waals surface area (Å²) in [5.41, 5.74) is 0.922. The molecule has 2 amide bonds. The van der Waals surface area contributed by atoms with E-state index in [1.165, 1.54) is 11.3 Å². The molecule has 0 spiro atoms. The maximum Gasteiger partial charge on any atom is 0.249 e. The summed E-state index contributed by atoms with van der Waals surface area (Å²) in [4.78, 5) is 24.9. The van der Waals surface area contributed by atoms with E-state index in [2.05, 4.69) is 36.8 Å². The molecule has 1 aromatic heterocycles. The van der Waals surface area contributed by atoms with Crippen LogP contribution in [-0.4, -0.2) is 28.1 Å². The first kappa shape index (κ1) is 21.5. The van der Waals surface area contributed by atoms with Gasteiger partial charge in [0, 0.05) is 16.5 Å². The molecule has 0 radical (unpaired) electrons. The standard InChI is InChI=1S/C19H25BrN4O2S/c1-5-12(4)16(21-15(25)9-11(2)3)17(26)22-19-24-23-18(27-19)13-7-6-8-14(20)10-13/h6-8,10-12,16H,5,9H2,1-4H3,(H,21,25)(H,22,24,26). The van der Waals surface area contributed by atoms with E-state index in [0.29, 0.717) is 11.6 Å². The fourth-order valence-electron chi connectivity index (χ4n) is 2.50. The molecule has 6 nitrogen and oxygen atoms in total. The van der Waals surface area contributed by atoms with Gasteiger partial charge in [0.1, 0.15) is 11.0 Å². The summed E-state index contributed by atoms with van der Waals surface area (Å²) in [7, 11) is 0. The van der Waals surface area contributed by atoms with Crippen molar-refractivity contribution >= 4 is 44.2 Å². The lowest BCUT2D eigenvalue weighted by Crippen LogP contribution is -2.47. The molecule has 27 heavy (non-hydrogen) atoms. The minimum atomic E-state index is -0.598. The van der Waals surface area contributed by atoms with Crippen molar-refractivity contribution in [1.82, 2.24) is 15.5 Å². The third kappa shape index (κ3) is 6.39. The summed E-state index contributed by atoms with van der Waals surface area (Å²) in [5.74, 6) is -0.129. The van der Waals surface area contributed by atoms with Gasteiger partial charge in [-0.05, 0) is 24.0 Å². The average Bonchev–Trinajstić information content (AvgIpc) is 3.06. The number of rotatable bonds is 8. The smallest absolute Gasteiger partial charge is 0.249 e. The van der Waals surface area contributed by atoms with Crippen LogP contribution in [0.1, 0.15) is 40.5 Å². The lowest BCUT2D eigenvalue weighted by Gasteiger charge is -2.23. The summed E-state index contributed by atoms with van der Waals surface area (Å²) in [5, 5.41) is 15.0. The number of halogens is 1. The van der Waals surface area contributed by atoms with Gasteiger partial charge in [-0.1, -0.05) is 73.5 Å². The van der Waals surface area contributed by atoms with Crippen LogP contribution in [-0.2, 0) is 9.59 Å². The summed E-state index contributed by atoms with van der Waals surface area (Å²) in [6.07, 6.45) is 1.17. The number of benzene rings is 1. The van der Waals surface area contributed by atoms with Gasteiger partial charge in [-0.3, -0.25) is 14.9 Å². The van der Waals surface area contributed by atoms with E-state index in [0.717, 1.165) is 21.5 Å². The summed E-state index contributed by atoms with van der Waals surface area (Å²) in [6.45, 7) is 7.90. The van der Waals surface area contributed by atoms with Crippen molar-refractivity contribution in [3.05, 3.63) is 28.7 Å². The maximum absolute atomic E-state index is 12.7. The lowest BCUT2D eigenvalue weighted by atomic mass is 9.97. The number of carbonyl (C=O) groups is 2. The third-order valence-electron chi connectivity index (χ3n) is 4.13. The number of aromatic nitrogens is 2. The molecule has 146 valence electrons. The van der Waals surface area contributed by atoms with E-state index >= 15 is 0 Å². The number of nitrogens with one attached hydrogen (secondary N) is 2. The average molecular weight is 453 g/mol. The Morgan fingerprint density at radius 3 is 2.59 bits per heavy atom. The first-order chi connectivity index (χ1) is 12.8. The highest BCUT2D eigenvalue weighted by molar-refractivity contribution is 9.10. The molecule has 2 aromatic rings. The van der Waals surface area contributed by atoms with Crippen molar-refractivity contribution in [3.8, 4) is 10.6 Å². The second-order valence-corrected chi connectivity index (χ2v) is 8.83. The molecule has 2 unspecified atom stereocenters. The van der Waals surface area contributed by atoms with Crippen LogP contribution < -0.4 is 10.6 Å². The fourth-order valence-corrected chi connectivity index (χ4v) is 3.64. The second kappa shape index (κ2) is 9.94.